The lowest BCUT2D eigenvalue weighted by Gasteiger charge is -2.19. The minimum absolute atomic E-state index is 0.152. The molecule has 2 atom stereocenters. The van der Waals surface area contributed by atoms with Crippen LogP contribution in [0.25, 0.3) is 0 Å². The summed E-state index contributed by atoms with van der Waals surface area (Å²) in [4.78, 5) is 0. The summed E-state index contributed by atoms with van der Waals surface area (Å²) in [6.07, 6.45) is 5.69. The van der Waals surface area contributed by atoms with Crippen molar-refractivity contribution in [1.29, 1.82) is 0 Å². The van der Waals surface area contributed by atoms with Gasteiger partial charge in [-0.1, -0.05) is 24.2 Å². The predicted molar refractivity (Wildman–Crippen MR) is 74.7 cm³/mol. The third-order valence-electron chi connectivity index (χ3n) is 4.19. The van der Waals surface area contributed by atoms with Crippen LogP contribution in [0.2, 0.25) is 0 Å². The molecule has 3 nitrogen and oxygen atoms in total. The topological polar surface area (TPSA) is 37.8 Å². The summed E-state index contributed by atoms with van der Waals surface area (Å²) in [5, 5.41) is 14.7. The Morgan fingerprint density at radius 1 is 1.17 bits per heavy atom. The second-order valence-corrected chi connectivity index (χ2v) is 7.87. The molecule has 0 saturated heterocycles. The van der Waals surface area contributed by atoms with Crippen LogP contribution in [0.4, 0.5) is 0 Å². The van der Waals surface area contributed by atoms with E-state index < -0.39 is 0 Å². The van der Waals surface area contributed by atoms with Gasteiger partial charge in [-0.2, -0.15) is 0 Å². The first kappa shape index (κ1) is 12.5. The van der Waals surface area contributed by atoms with Crippen LogP contribution in [0.1, 0.15) is 62.4 Å². The maximum absolute atomic E-state index is 4.43. The number of nitrogens with zero attached hydrogens (tertiary/aromatic N) is 2. The van der Waals surface area contributed by atoms with Gasteiger partial charge in [0.15, 0.2) is 0 Å². The van der Waals surface area contributed by atoms with E-state index in [1.807, 2.05) is 11.3 Å². The summed E-state index contributed by atoms with van der Waals surface area (Å²) >= 11 is 1.83. The lowest BCUT2D eigenvalue weighted by molar-refractivity contribution is 0.423. The quantitative estimate of drug-likeness (QED) is 0.911. The predicted octanol–water partition coefficient (Wildman–Crippen LogP) is 3.33. The van der Waals surface area contributed by atoms with Crippen LogP contribution in [0.3, 0.4) is 0 Å². The van der Waals surface area contributed by atoms with E-state index in [1.165, 1.54) is 30.7 Å². The number of nitrogens with one attached hydrogen (secondary N) is 1. The summed E-state index contributed by atoms with van der Waals surface area (Å²) < 4.78 is 0. The van der Waals surface area contributed by atoms with Crippen molar-refractivity contribution in [3.8, 4) is 0 Å². The third-order valence-corrected chi connectivity index (χ3v) is 5.22. The van der Waals surface area contributed by atoms with E-state index in [0.29, 0.717) is 0 Å². The molecule has 1 heterocycles. The second-order valence-electron chi connectivity index (χ2n) is 6.78. The van der Waals surface area contributed by atoms with Crippen LogP contribution in [-0.4, -0.2) is 15.7 Å². The fraction of sp³-hybridized carbons (Fsp3) is 0.857. The zero-order valence-corrected chi connectivity index (χ0v) is 12.4. The Bertz CT molecular complexity index is 409. The molecule has 0 aromatic carbocycles. The van der Waals surface area contributed by atoms with Gasteiger partial charge in [-0.15, -0.1) is 10.2 Å². The lowest BCUT2D eigenvalue weighted by atomic mass is 10.0. The Hall–Kier alpha value is -0.480. The van der Waals surface area contributed by atoms with Crippen LogP contribution in [0.5, 0.6) is 0 Å². The Kier molecular flexibility index (Phi) is 3.18. The number of aromatic nitrogens is 2. The average molecular weight is 265 g/mol. The Morgan fingerprint density at radius 2 is 1.83 bits per heavy atom. The van der Waals surface area contributed by atoms with Crippen LogP contribution >= 0.6 is 11.3 Å². The standard InChI is InChI=1S/C14H23N3S/c1-14(2,3)15-8-11-16-17-13(18-11)12-9-6-4-5-7-10(9)12/h9-10,12,15H,4-8H2,1-3H3. The molecule has 1 aromatic rings. The van der Waals surface area contributed by atoms with Gasteiger partial charge in [0.1, 0.15) is 10.0 Å². The van der Waals surface area contributed by atoms with Crippen LogP contribution < -0.4 is 5.32 Å². The molecule has 100 valence electrons. The van der Waals surface area contributed by atoms with E-state index in [2.05, 4.69) is 36.3 Å². The smallest absolute Gasteiger partial charge is 0.131 e. The molecule has 18 heavy (non-hydrogen) atoms. The number of fused-ring (bicyclic) bond motifs is 1. The molecule has 2 aliphatic carbocycles. The van der Waals surface area contributed by atoms with E-state index in [1.54, 1.807) is 0 Å². The van der Waals surface area contributed by atoms with E-state index >= 15 is 0 Å². The van der Waals surface area contributed by atoms with Gasteiger partial charge in [0, 0.05) is 11.5 Å². The fourth-order valence-corrected chi connectivity index (χ4v) is 4.21. The summed E-state index contributed by atoms with van der Waals surface area (Å²) in [5.41, 5.74) is 0.152. The number of hydrogen-bond donors (Lipinski definition) is 1. The first-order chi connectivity index (χ1) is 8.54. The van der Waals surface area contributed by atoms with Gasteiger partial charge in [-0.3, -0.25) is 0 Å². The molecular formula is C14H23N3S. The molecule has 0 bridgehead atoms. The molecule has 2 fully saturated rings. The highest BCUT2D eigenvalue weighted by molar-refractivity contribution is 7.11. The Morgan fingerprint density at radius 3 is 2.44 bits per heavy atom. The fourth-order valence-electron chi connectivity index (χ4n) is 3.17. The highest BCUT2D eigenvalue weighted by Gasteiger charge is 2.53. The second kappa shape index (κ2) is 4.57. The SMILES string of the molecule is CC(C)(C)NCc1nnc(C2C3CCCCC32)s1. The molecule has 0 radical (unpaired) electrons. The summed E-state index contributed by atoms with van der Waals surface area (Å²) in [6, 6.07) is 0. The molecule has 1 aromatic heterocycles. The summed E-state index contributed by atoms with van der Waals surface area (Å²) in [7, 11) is 0. The van der Waals surface area contributed by atoms with Crippen molar-refractivity contribution < 1.29 is 0 Å². The highest BCUT2D eigenvalue weighted by Crippen LogP contribution is 2.61. The maximum Gasteiger partial charge on any atom is 0.131 e. The van der Waals surface area contributed by atoms with Crippen molar-refractivity contribution in [3.63, 3.8) is 0 Å². The molecule has 1 N–H and O–H groups in total. The third kappa shape index (κ3) is 2.59. The molecule has 4 heteroatoms. The number of rotatable bonds is 3. The Balaban J connectivity index is 1.60. The molecule has 2 saturated carbocycles. The van der Waals surface area contributed by atoms with Crippen LogP contribution in [0, 0.1) is 11.8 Å². The first-order valence-corrected chi connectivity index (χ1v) is 7.93. The first-order valence-electron chi connectivity index (χ1n) is 7.12. The zero-order chi connectivity index (χ0) is 12.8. The minimum Gasteiger partial charge on any atom is -0.306 e. The number of hydrogen-bond acceptors (Lipinski definition) is 4. The molecule has 2 unspecified atom stereocenters. The van der Waals surface area contributed by atoms with Crippen molar-refractivity contribution in [2.24, 2.45) is 11.8 Å². The van der Waals surface area contributed by atoms with Gasteiger partial charge in [-0.25, -0.2) is 0 Å². The maximum atomic E-state index is 4.43. The molecule has 0 amide bonds. The minimum atomic E-state index is 0.152. The van der Waals surface area contributed by atoms with Gasteiger partial charge in [0.2, 0.25) is 0 Å². The van der Waals surface area contributed by atoms with Crippen molar-refractivity contribution in [1.82, 2.24) is 15.5 Å². The van der Waals surface area contributed by atoms with Crippen molar-refractivity contribution in [3.05, 3.63) is 10.0 Å². The van der Waals surface area contributed by atoms with E-state index in [9.17, 15) is 0 Å². The van der Waals surface area contributed by atoms with Crippen molar-refractivity contribution >= 4 is 11.3 Å². The van der Waals surface area contributed by atoms with Gasteiger partial charge < -0.3 is 5.32 Å². The van der Waals surface area contributed by atoms with Crippen LogP contribution in [0.15, 0.2) is 0 Å². The largest absolute Gasteiger partial charge is 0.306 e. The van der Waals surface area contributed by atoms with Crippen LogP contribution in [-0.2, 0) is 6.54 Å². The van der Waals surface area contributed by atoms with E-state index in [-0.39, 0.29) is 5.54 Å². The van der Waals surface area contributed by atoms with Gasteiger partial charge in [-0.05, 0) is 45.4 Å². The van der Waals surface area contributed by atoms with E-state index in [0.717, 1.165) is 29.3 Å². The summed E-state index contributed by atoms with van der Waals surface area (Å²) in [5.74, 6) is 2.64. The molecule has 0 spiro atoms. The molecule has 2 aliphatic rings. The normalized spacial score (nSPS) is 31.2. The molecular weight excluding hydrogens is 242 g/mol. The average Bonchev–Trinajstić information content (AvgIpc) is 2.86. The molecule has 0 aliphatic heterocycles. The summed E-state index contributed by atoms with van der Waals surface area (Å²) in [6.45, 7) is 7.41. The monoisotopic (exact) mass is 265 g/mol. The van der Waals surface area contributed by atoms with Gasteiger partial charge >= 0.3 is 0 Å². The van der Waals surface area contributed by atoms with Crippen molar-refractivity contribution in [2.45, 2.75) is 64.5 Å². The van der Waals surface area contributed by atoms with E-state index in [4.69, 9.17) is 0 Å². The van der Waals surface area contributed by atoms with Gasteiger partial charge in [0.05, 0.1) is 6.54 Å². The highest BCUT2D eigenvalue weighted by atomic mass is 32.1. The Labute approximate surface area is 113 Å². The van der Waals surface area contributed by atoms with Crippen molar-refractivity contribution in [2.75, 3.05) is 0 Å². The lowest BCUT2D eigenvalue weighted by Crippen LogP contribution is -2.35. The zero-order valence-electron chi connectivity index (χ0n) is 11.6. The van der Waals surface area contributed by atoms with Gasteiger partial charge in [0.25, 0.3) is 0 Å². The molecule has 3 rings (SSSR count).